The number of allylic oxidation sites excluding steroid dienone is 1. The zero-order valence-corrected chi connectivity index (χ0v) is 15.9. The van der Waals surface area contributed by atoms with Crippen LogP contribution in [0, 0.1) is 5.82 Å². The van der Waals surface area contributed by atoms with Gasteiger partial charge in [0.25, 0.3) is 0 Å². The Labute approximate surface area is 151 Å². The lowest BCUT2D eigenvalue weighted by atomic mass is 10.1. The van der Waals surface area contributed by atoms with Crippen molar-refractivity contribution in [2.75, 3.05) is 6.54 Å². The van der Waals surface area contributed by atoms with E-state index in [1.54, 1.807) is 6.08 Å². The Hall–Kier alpha value is -2.13. The molecule has 1 aliphatic heterocycles. The lowest BCUT2D eigenvalue weighted by molar-refractivity contribution is 0.581. The molecule has 0 amide bonds. The average Bonchev–Trinajstić information content (AvgIpc) is 2.88. The van der Waals surface area contributed by atoms with Crippen LogP contribution in [0.25, 0.3) is 13.2 Å². The number of nitrogens with one attached hydrogen (secondary N) is 1. The number of rotatable bonds is 3. The van der Waals surface area contributed by atoms with E-state index >= 15 is 0 Å². The Kier molecular flexibility index (Phi) is 8.93. The predicted molar refractivity (Wildman–Crippen MR) is 107 cm³/mol. The zero-order valence-electron chi connectivity index (χ0n) is 15.9. The summed E-state index contributed by atoms with van der Waals surface area (Å²) in [5, 5.41) is 5.46. The van der Waals surface area contributed by atoms with E-state index in [-0.39, 0.29) is 5.82 Å². The smallest absolute Gasteiger partial charge is 0.123 e. The van der Waals surface area contributed by atoms with Crippen LogP contribution in [0.15, 0.2) is 36.9 Å². The molecule has 1 aromatic carbocycles. The van der Waals surface area contributed by atoms with Crippen LogP contribution in [0.1, 0.15) is 37.6 Å². The van der Waals surface area contributed by atoms with Gasteiger partial charge in [-0.2, -0.15) is 0 Å². The quantitative estimate of drug-likeness (QED) is 0.844. The molecule has 0 spiro atoms. The van der Waals surface area contributed by atoms with E-state index in [0.717, 1.165) is 48.6 Å². The highest BCUT2D eigenvalue weighted by Crippen LogP contribution is 2.10. The highest BCUT2D eigenvalue weighted by molar-refractivity contribution is 5.31. The molecule has 0 fully saturated rings. The molecule has 0 aliphatic carbocycles. The molecular weight excluding hydrogens is 311 g/mol. The summed E-state index contributed by atoms with van der Waals surface area (Å²) in [6.07, 6.45) is 3.66. The number of benzene rings is 1. The normalized spacial score (nSPS) is 12.2. The van der Waals surface area contributed by atoms with Gasteiger partial charge in [0.05, 0.1) is 0 Å². The topological polar surface area (TPSA) is 17.0 Å². The van der Waals surface area contributed by atoms with E-state index in [1.807, 2.05) is 32.9 Å². The van der Waals surface area contributed by atoms with E-state index < -0.39 is 0 Å². The fourth-order valence-corrected chi connectivity index (χ4v) is 2.91. The maximum atomic E-state index is 12.9. The second-order valence-corrected chi connectivity index (χ2v) is 5.71. The fraction of sp³-hybridized carbons (Fsp3) is 0.364. The molecule has 0 atom stereocenters. The van der Waals surface area contributed by atoms with Crippen molar-refractivity contribution in [2.45, 2.75) is 46.7 Å². The summed E-state index contributed by atoms with van der Waals surface area (Å²) in [6.45, 7) is 20.3. The summed E-state index contributed by atoms with van der Waals surface area (Å²) in [5.74, 6) is -0.184. The summed E-state index contributed by atoms with van der Waals surface area (Å²) in [7, 11) is 0. The van der Waals surface area contributed by atoms with Crippen LogP contribution in [-0.2, 0) is 25.9 Å². The van der Waals surface area contributed by atoms with Crippen molar-refractivity contribution >= 4 is 13.2 Å². The predicted octanol–water partition coefficient (Wildman–Crippen LogP) is 3.55. The van der Waals surface area contributed by atoms with Crippen molar-refractivity contribution in [3.05, 3.63) is 70.1 Å². The standard InChI is InChI=1S/C17H19FN2.C3H6.C2H6/c1-12-13(2)20(17-7-9-19-11-16(12)17)10-8-14-3-5-15(18)6-4-14;1-3-2;1-2/h3-6,19H,1-2,7-11H2;3H,1H2,2H3;1-2H3. The molecule has 0 unspecified atom stereocenters. The lowest BCUT2D eigenvalue weighted by Crippen LogP contribution is -2.29. The number of fused-ring (bicyclic) bond motifs is 1. The summed E-state index contributed by atoms with van der Waals surface area (Å²) in [5.41, 5.74) is 3.81. The Balaban J connectivity index is 0.000000567. The molecular formula is C22H31FN2. The average molecular weight is 343 g/mol. The lowest BCUT2D eigenvalue weighted by Gasteiger charge is -2.17. The molecule has 25 heavy (non-hydrogen) atoms. The van der Waals surface area contributed by atoms with Crippen LogP contribution < -0.4 is 15.9 Å². The van der Waals surface area contributed by atoms with E-state index in [0.29, 0.717) is 0 Å². The van der Waals surface area contributed by atoms with Gasteiger partial charge in [0.15, 0.2) is 0 Å². The van der Waals surface area contributed by atoms with Crippen LogP contribution in [0.4, 0.5) is 4.39 Å². The Bertz CT molecular complexity index is 757. The van der Waals surface area contributed by atoms with Gasteiger partial charge in [0, 0.05) is 37.1 Å². The highest BCUT2D eigenvalue weighted by Gasteiger charge is 2.16. The van der Waals surface area contributed by atoms with Gasteiger partial charge in [-0.25, -0.2) is 4.39 Å². The number of aromatic nitrogens is 1. The van der Waals surface area contributed by atoms with Crippen molar-refractivity contribution in [3.63, 3.8) is 0 Å². The number of aryl methyl sites for hydroxylation is 1. The molecule has 0 bridgehead atoms. The van der Waals surface area contributed by atoms with Crippen molar-refractivity contribution in [1.82, 2.24) is 9.88 Å². The minimum atomic E-state index is -0.184. The molecule has 0 saturated heterocycles. The van der Waals surface area contributed by atoms with Gasteiger partial charge >= 0.3 is 0 Å². The monoisotopic (exact) mass is 342 g/mol. The maximum absolute atomic E-state index is 12.9. The van der Waals surface area contributed by atoms with Crippen molar-refractivity contribution in [1.29, 1.82) is 0 Å². The third-order valence-corrected chi connectivity index (χ3v) is 4.09. The van der Waals surface area contributed by atoms with Crippen LogP contribution in [0.2, 0.25) is 0 Å². The first-order valence-corrected chi connectivity index (χ1v) is 8.98. The van der Waals surface area contributed by atoms with Gasteiger partial charge < -0.3 is 9.88 Å². The van der Waals surface area contributed by atoms with Crippen LogP contribution >= 0.6 is 0 Å². The molecule has 136 valence electrons. The van der Waals surface area contributed by atoms with Gasteiger partial charge in [-0.05, 0) is 41.8 Å². The SMILES string of the molecule is C=CC.C=c1c2c(n(CCc3ccc(F)cc3)c1=C)CCNC2.CC. The molecule has 1 N–H and O–H groups in total. The molecule has 2 heterocycles. The van der Waals surface area contributed by atoms with Crippen LogP contribution in [0.5, 0.6) is 0 Å². The van der Waals surface area contributed by atoms with E-state index in [2.05, 4.69) is 29.6 Å². The minimum Gasteiger partial charge on any atom is -0.344 e. The van der Waals surface area contributed by atoms with Crippen molar-refractivity contribution < 1.29 is 4.39 Å². The van der Waals surface area contributed by atoms with Crippen LogP contribution in [-0.4, -0.2) is 11.1 Å². The number of halogens is 1. The molecule has 2 aromatic rings. The van der Waals surface area contributed by atoms with E-state index in [4.69, 9.17) is 0 Å². The molecule has 3 heteroatoms. The number of hydrogen-bond acceptors (Lipinski definition) is 1. The number of hydrogen-bond donors (Lipinski definition) is 1. The summed E-state index contributed by atoms with van der Waals surface area (Å²) in [4.78, 5) is 0. The van der Waals surface area contributed by atoms with Gasteiger partial charge in [-0.15, -0.1) is 6.58 Å². The first-order chi connectivity index (χ1) is 12.1. The first-order valence-electron chi connectivity index (χ1n) is 8.98. The molecule has 1 aromatic heterocycles. The Morgan fingerprint density at radius 2 is 1.80 bits per heavy atom. The Morgan fingerprint density at radius 1 is 1.20 bits per heavy atom. The zero-order chi connectivity index (χ0) is 18.8. The summed E-state index contributed by atoms with van der Waals surface area (Å²) in [6, 6.07) is 6.73. The minimum absolute atomic E-state index is 0.184. The van der Waals surface area contributed by atoms with E-state index in [1.165, 1.54) is 23.4 Å². The first kappa shape index (κ1) is 20.9. The molecule has 3 rings (SSSR count). The summed E-state index contributed by atoms with van der Waals surface area (Å²) >= 11 is 0. The second kappa shape index (κ2) is 10.7. The second-order valence-electron chi connectivity index (χ2n) is 5.71. The van der Waals surface area contributed by atoms with Gasteiger partial charge in [-0.1, -0.05) is 45.2 Å². The van der Waals surface area contributed by atoms with Gasteiger partial charge in [-0.3, -0.25) is 0 Å². The molecule has 0 saturated carbocycles. The van der Waals surface area contributed by atoms with Crippen LogP contribution in [0.3, 0.4) is 0 Å². The third-order valence-electron chi connectivity index (χ3n) is 4.09. The van der Waals surface area contributed by atoms with E-state index in [9.17, 15) is 4.39 Å². The molecule has 2 nitrogen and oxygen atoms in total. The van der Waals surface area contributed by atoms with Crippen molar-refractivity contribution in [3.8, 4) is 0 Å². The van der Waals surface area contributed by atoms with Crippen molar-refractivity contribution in [2.24, 2.45) is 0 Å². The summed E-state index contributed by atoms with van der Waals surface area (Å²) < 4.78 is 15.2. The highest BCUT2D eigenvalue weighted by atomic mass is 19.1. The largest absolute Gasteiger partial charge is 0.344 e. The third kappa shape index (κ3) is 5.43. The number of nitrogens with zero attached hydrogens (tertiary/aromatic N) is 1. The Morgan fingerprint density at radius 3 is 2.40 bits per heavy atom. The van der Waals surface area contributed by atoms with Gasteiger partial charge in [0.2, 0.25) is 0 Å². The maximum Gasteiger partial charge on any atom is 0.123 e. The van der Waals surface area contributed by atoms with Gasteiger partial charge in [0.1, 0.15) is 5.82 Å². The molecule has 1 aliphatic rings. The molecule has 0 radical (unpaired) electrons. The fourth-order valence-electron chi connectivity index (χ4n) is 2.91.